The van der Waals surface area contributed by atoms with Gasteiger partial charge in [0.25, 0.3) is 0 Å². The number of carbonyl (C=O) groups is 2. The lowest BCUT2D eigenvalue weighted by Gasteiger charge is -1.98. The Morgan fingerprint density at radius 3 is 2.82 bits per heavy atom. The molecule has 0 saturated carbocycles. The third kappa shape index (κ3) is 2.60. The van der Waals surface area contributed by atoms with Crippen LogP contribution in [0.4, 0.5) is 0 Å². The first-order valence-electron chi connectivity index (χ1n) is 6.37. The van der Waals surface area contributed by atoms with Crippen molar-refractivity contribution in [1.82, 2.24) is 4.98 Å². The third-order valence-electron chi connectivity index (χ3n) is 3.11. The van der Waals surface area contributed by atoms with Gasteiger partial charge in [-0.15, -0.1) is 22.7 Å². The second kappa shape index (κ2) is 5.86. The van der Waals surface area contributed by atoms with Gasteiger partial charge in [-0.05, 0) is 24.3 Å². The number of aromatic nitrogens is 1. The van der Waals surface area contributed by atoms with E-state index in [4.69, 9.17) is 0 Å². The van der Waals surface area contributed by atoms with E-state index in [0.717, 1.165) is 26.5 Å². The highest BCUT2D eigenvalue weighted by Gasteiger charge is 2.21. The number of rotatable bonds is 4. The van der Waals surface area contributed by atoms with Gasteiger partial charge in [-0.3, -0.25) is 4.79 Å². The first-order chi connectivity index (χ1) is 10.6. The summed E-state index contributed by atoms with van der Waals surface area (Å²) >= 11 is 2.55. The monoisotopic (exact) mass is 333 g/mol. The van der Waals surface area contributed by atoms with E-state index in [1.54, 1.807) is 12.3 Å². The SMILES string of the molecule is COC(=O)Cc1ccc(-c2c(C(=O)O)sc3ncccc23)s1. The summed E-state index contributed by atoms with van der Waals surface area (Å²) < 4.78 is 4.65. The highest BCUT2D eigenvalue weighted by atomic mass is 32.1. The van der Waals surface area contributed by atoms with E-state index in [1.807, 2.05) is 18.2 Å². The van der Waals surface area contributed by atoms with Crippen LogP contribution in [0.3, 0.4) is 0 Å². The molecule has 1 N–H and O–H groups in total. The number of carbonyl (C=O) groups excluding carboxylic acids is 1. The number of carboxylic acid groups (broad SMARTS) is 1. The maximum atomic E-state index is 11.5. The number of hydrogen-bond acceptors (Lipinski definition) is 6. The summed E-state index contributed by atoms with van der Waals surface area (Å²) in [5.74, 6) is -1.29. The Kier molecular flexibility index (Phi) is 3.91. The fourth-order valence-electron chi connectivity index (χ4n) is 2.15. The Balaban J connectivity index is 2.11. The maximum Gasteiger partial charge on any atom is 0.346 e. The van der Waals surface area contributed by atoms with E-state index in [-0.39, 0.29) is 17.3 Å². The first-order valence-corrected chi connectivity index (χ1v) is 8.00. The molecule has 3 rings (SSSR count). The van der Waals surface area contributed by atoms with Crippen LogP contribution in [0.25, 0.3) is 20.7 Å². The highest BCUT2D eigenvalue weighted by molar-refractivity contribution is 7.22. The van der Waals surface area contributed by atoms with Crippen molar-refractivity contribution < 1.29 is 19.4 Å². The number of hydrogen-bond donors (Lipinski definition) is 1. The predicted octanol–water partition coefficient (Wildman–Crippen LogP) is 3.44. The number of methoxy groups -OCH3 is 1. The van der Waals surface area contributed by atoms with E-state index in [1.165, 1.54) is 18.4 Å². The van der Waals surface area contributed by atoms with Gasteiger partial charge in [0.1, 0.15) is 9.71 Å². The van der Waals surface area contributed by atoms with Crippen LogP contribution in [0.1, 0.15) is 14.5 Å². The van der Waals surface area contributed by atoms with Crippen molar-refractivity contribution in [3.8, 4) is 10.4 Å². The molecule has 0 aliphatic rings. The minimum atomic E-state index is -0.971. The van der Waals surface area contributed by atoms with Gasteiger partial charge in [0.15, 0.2) is 0 Å². The Morgan fingerprint density at radius 2 is 2.09 bits per heavy atom. The molecule has 0 fully saturated rings. The Hall–Kier alpha value is -2.25. The zero-order chi connectivity index (χ0) is 15.7. The lowest BCUT2D eigenvalue weighted by molar-refractivity contribution is -0.139. The summed E-state index contributed by atoms with van der Waals surface area (Å²) in [7, 11) is 1.34. The van der Waals surface area contributed by atoms with Gasteiger partial charge in [-0.25, -0.2) is 9.78 Å². The van der Waals surface area contributed by atoms with Gasteiger partial charge < -0.3 is 9.84 Å². The molecule has 22 heavy (non-hydrogen) atoms. The van der Waals surface area contributed by atoms with Crippen molar-refractivity contribution >= 4 is 44.8 Å². The zero-order valence-corrected chi connectivity index (χ0v) is 13.2. The number of esters is 1. The van der Waals surface area contributed by atoms with Crippen LogP contribution < -0.4 is 0 Å². The molecule has 0 spiro atoms. The number of ether oxygens (including phenoxy) is 1. The number of aromatic carboxylic acids is 1. The first kappa shape index (κ1) is 14.7. The van der Waals surface area contributed by atoms with Crippen molar-refractivity contribution in [2.24, 2.45) is 0 Å². The number of thiophene rings is 2. The molecule has 112 valence electrons. The summed E-state index contributed by atoms with van der Waals surface area (Å²) in [5, 5.41) is 10.2. The lowest BCUT2D eigenvalue weighted by Crippen LogP contribution is -2.02. The van der Waals surface area contributed by atoms with Crippen LogP contribution in [-0.4, -0.2) is 29.1 Å². The maximum absolute atomic E-state index is 11.5. The van der Waals surface area contributed by atoms with Crippen LogP contribution in [0.5, 0.6) is 0 Å². The number of carboxylic acids is 1. The van der Waals surface area contributed by atoms with Crippen molar-refractivity contribution in [3.05, 3.63) is 40.2 Å². The molecule has 0 aliphatic carbocycles. The number of pyridine rings is 1. The molecule has 0 amide bonds. The van der Waals surface area contributed by atoms with Gasteiger partial charge >= 0.3 is 11.9 Å². The quantitative estimate of drug-likeness (QED) is 0.740. The normalized spacial score (nSPS) is 10.8. The standard InChI is InChI=1S/C15H11NO4S2/c1-20-11(17)7-8-4-5-10(21-8)12-9-3-2-6-16-14(9)22-13(12)15(18)19/h2-6H,7H2,1H3,(H,18,19). The predicted molar refractivity (Wildman–Crippen MR) is 85.6 cm³/mol. The fourth-order valence-corrected chi connectivity index (χ4v) is 4.27. The van der Waals surface area contributed by atoms with E-state index < -0.39 is 5.97 Å². The smallest absolute Gasteiger partial charge is 0.346 e. The van der Waals surface area contributed by atoms with Crippen molar-refractivity contribution in [3.63, 3.8) is 0 Å². The zero-order valence-electron chi connectivity index (χ0n) is 11.5. The Labute approximate surface area is 133 Å². The molecule has 0 aromatic carbocycles. The van der Waals surface area contributed by atoms with Gasteiger partial charge in [-0.2, -0.15) is 0 Å². The van der Waals surface area contributed by atoms with Crippen molar-refractivity contribution in [1.29, 1.82) is 0 Å². The second-order valence-corrected chi connectivity index (χ2v) is 6.65. The number of nitrogens with zero attached hydrogens (tertiary/aromatic N) is 1. The second-order valence-electron chi connectivity index (χ2n) is 4.49. The van der Waals surface area contributed by atoms with Gasteiger partial charge in [-0.1, -0.05) is 0 Å². The van der Waals surface area contributed by atoms with Gasteiger partial charge in [0.05, 0.1) is 13.5 Å². The van der Waals surface area contributed by atoms with Crippen molar-refractivity contribution in [2.75, 3.05) is 7.11 Å². The van der Waals surface area contributed by atoms with Crippen LogP contribution in [0.2, 0.25) is 0 Å². The average Bonchev–Trinajstić information content (AvgIpc) is 3.10. The molecule has 7 heteroatoms. The summed E-state index contributed by atoms with van der Waals surface area (Å²) in [5.41, 5.74) is 0.668. The molecule has 3 aromatic heterocycles. The molecule has 3 aromatic rings. The Bertz CT molecular complexity index is 865. The minimum Gasteiger partial charge on any atom is -0.477 e. The average molecular weight is 333 g/mol. The van der Waals surface area contributed by atoms with E-state index in [0.29, 0.717) is 10.4 Å². The van der Waals surface area contributed by atoms with Crippen molar-refractivity contribution in [2.45, 2.75) is 6.42 Å². The molecule has 0 atom stereocenters. The fraction of sp³-hybridized carbons (Fsp3) is 0.133. The molecule has 5 nitrogen and oxygen atoms in total. The molecule has 3 heterocycles. The Morgan fingerprint density at radius 1 is 1.27 bits per heavy atom. The molecule has 0 radical (unpaired) electrons. The van der Waals surface area contributed by atoms with Crippen LogP contribution in [-0.2, 0) is 16.0 Å². The van der Waals surface area contributed by atoms with Gasteiger partial charge in [0.2, 0.25) is 0 Å². The van der Waals surface area contributed by atoms with Crippen LogP contribution in [0.15, 0.2) is 30.5 Å². The molecular weight excluding hydrogens is 322 g/mol. The summed E-state index contributed by atoms with van der Waals surface area (Å²) in [6.45, 7) is 0. The highest BCUT2D eigenvalue weighted by Crippen LogP contribution is 2.40. The topological polar surface area (TPSA) is 76.5 Å². The third-order valence-corrected chi connectivity index (χ3v) is 5.32. The molecular formula is C15H11NO4S2. The largest absolute Gasteiger partial charge is 0.477 e. The van der Waals surface area contributed by atoms with E-state index in [9.17, 15) is 14.7 Å². The summed E-state index contributed by atoms with van der Waals surface area (Å²) in [4.78, 5) is 29.7. The van der Waals surface area contributed by atoms with E-state index in [2.05, 4.69) is 9.72 Å². The molecule has 0 bridgehead atoms. The lowest BCUT2D eigenvalue weighted by atomic mass is 10.1. The van der Waals surface area contributed by atoms with Gasteiger partial charge in [0, 0.05) is 26.9 Å². The van der Waals surface area contributed by atoms with Crippen LogP contribution in [0, 0.1) is 0 Å². The van der Waals surface area contributed by atoms with E-state index >= 15 is 0 Å². The molecule has 0 unspecified atom stereocenters. The molecule has 0 saturated heterocycles. The van der Waals surface area contributed by atoms with Crippen LogP contribution >= 0.6 is 22.7 Å². The molecule has 0 aliphatic heterocycles. The number of fused-ring (bicyclic) bond motifs is 1. The summed E-state index contributed by atoms with van der Waals surface area (Å²) in [6, 6.07) is 7.31. The minimum absolute atomic E-state index is 0.184. The summed E-state index contributed by atoms with van der Waals surface area (Å²) in [6.07, 6.45) is 1.83.